The second kappa shape index (κ2) is 7.58. The highest BCUT2D eigenvalue weighted by molar-refractivity contribution is 6.07. The number of nitrogens with one attached hydrogen (secondary N) is 1. The molecule has 35 heavy (non-hydrogen) atoms. The number of carbonyl (C=O) groups excluding carboxylic acids is 2. The molecule has 5 heterocycles. The second-order valence-corrected chi connectivity index (χ2v) is 9.41. The van der Waals surface area contributed by atoms with Gasteiger partial charge in [0.25, 0.3) is 11.8 Å². The first-order valence-electron chi connectivity index (χ1n) is 11.6. The number of hydrogen-bond acceptors (Lipinski definition) is 6. The highest BCUT2D eigenvalue weighted by Crippen LogP contribution is 2.47. The van der Waals surface area contributed by atoms with Crippen LogP contribution in [-0.2, 0) is 4.74 Å². The number of benzene rings is 1. The van der Waals surface area contributed by atoms with E-state index in [9.17, 15) is 9.59 Å². The Bertz CT molecular complexity index is 1510. The molecule has 1 aromatic carbocycles. The van der Waals surface area contributed by atoms with E-state index in [1.807, 2.05) is 17.9 Å². The van der Waals surface area contributed by atoms with Crippen LogP contribution >= 0.6 is 0 Å². The maximum atomic E-state index is 13.4. The number of ether oxygens (including phenoxy) is 2. The fraction of sp³-hybridized carbons (Fsp3) is 0.346. The zero-order valence-corrected chi connectivity index (χ0v) is 20.0. The Kier molecular flexibility index (Phi) is 4.69. The molecule has 1 N–H and O–H groups in total. The number of fused-ring (bicyclic) bond motifs is 3. The molecule has 0 radical (unpaired) electrons. The van der Waals surface area contributed by atoms with Crippen molar-refractivity contribution in [2.45, 2.75) is 38.3 Å². The summed E-state index contributed by atoms with van der Waals surface area (Å²) in [6, 6.07) is 7.38. The first kappa shape index (κ1) is 21.7. The number of aryl methyl sites for hydroxylation is 2. The minimum atomic E-state index is -0.196. The van der Waals surface area contributed by atoms with Crippen LogP contribution in [0.3, 0.4) is 0 Å². The van der Waals surface area contributed by atoms with Crippen LogP contribution in [0.5, 0.6) is 11.5 Å². The van der Waals surface area contributed by atoms with Crippen molar-refractivity contribution < 1.29 is 23.5 Å². The summed E-state index contributed by atoms with van der Waals surface area (Å²) in [6.07, 6.45) is 5.20. The SMILES string of the molecule is CNC(=O)c1c(C)oc2cc(Oc3ccnn4cc(C(=O)N5CC6(OC)CC5C6)c(C)c34)ccc12. The number of amides is 2. The molecule has 7 rings (SSSR count). The lowest BCUT2D eigenvalue weighted by molar-refractivity contribution is -0.0365. The molecule has 4 aromatic rings. The molecule has 3 aliphatic rings. The standard InChI is InChI=1S/C26H26N4O5/c1-14-19(25(32)29-13-26(33-4)10-16(29)11-26)12-30-23(14)20(7-8-28-30)35-17-5-6-18-21(9-17)34-15(2)22(18)24(31)27-3/h5-9,12,16H,10-11,13H2,1-4H3,(H,27,31). The lowest BCUT2D eigenvalue weighted by Gasteiger charge is -2.35. The van der Waals surface area contributed by atoms with Gasteiger partial charge in [-0.05, 0) is 44.4 Å². The number of nitrogens with zero attached hydrogens (tertiary/aromatic N) is 3. The van der Waals surface area contributed by atoms with E-state index in [2.05, 4.69) is 10.4 Å². The number of aromatic nitrogens is 2. The van der Waals surface area contributed by atoms with Crippen molar-refractivity contribution in [2.24, 2.45) is 0 Å². The van der Waals surface area contributed by atoms with E-state index in [1.165, 1.54) is 0 Å². The molecule has 2 bridgehead atoms. The Morgan fingerprint density at radius 1 is 1.23 bits per heavy atom. The van der Waals surface area contributed by atoms with Gasteiger partial charge >= 0.3 is 0 Å². The van der Waals surface area contributed by atoms with Crippen LogP contribution in [-0.4, -0.2) is 58.7 Å². The highest BCUT2D eigenvalue weighted by atomic mass is 16.5. The van der Waals surface area contributed by atoms with Crippen LogP contribution in [0.25, 0.3) is 16.5 Å². The van der Waals surface area contributed by atoms with Crippen molar-refractivity contribution in [1.29, 1.82) is 0 Å². The number of rotatable bonds is 5. The lowest BCUT2D eigenvalue weighted by Crippen LogP contribution is -2.42. The van der Waals surface area contributed by atoms with Crippen molar-refractivity contribution in [3.8, 4) is 11.5 Å². The summed E-state index contributed by atoms with van der Waals surface area (Å²) in [5, 5.41) is 7.77. The zero-order chi connectivity index (χ0) is 24.5. The molecule has 2 saturated heterocycles. The number of hydrogen-bond donors (Lipinski definition) is 1. The molecule has 9 nitrogen and oxygen atoms in total. The van der Waals surface area contributed by atoms with E-state index in [0.717, 1.165) is 29.3 Å². The van der Waals surface area contributed by atoms with Crippen LogP contribution in [0.2, 0.25) is 0 Å². The number of carbonyl (C=O) groups is 2. The molecule has 0 atom stereocenters. The predicted molar refractivity (Wildman–Crippen MR) is 128 cm³/mol. The minimum Gasteiger partial charge on any atom is -0.460 e. The Morgan fingerprint density at radius 2 is 2.03 bits per heavy atom. The minimum absolute atomic E-state index is 0.00501. The van der Waals surface area contributed by atoms with E-state index >= 15 is 0 Å². The third-order valence-electron chi connectivity index (χ3n) is 7.45. The van der Waals surface area contributed by atoms with Crippen LogP contribution in [0.15, 0.2) is 41.1 Å². The molecular weight excluding hydrogens is 448 g/mol. The Labute approximate surface area is 201 Å². The topological polar surface area (TPSA) is 98.3 Å². The highest BCUT2D eigenvalue weighted by Gasteiger charge is 2.57. The Balaban J connectivity index is 1.34. The van der Waals surface area contributed by atoms with Crippen LogP contribution < -0.4 is 10.1 Å². The van der Waals surface area contributed by atoms with Gasteiger partial charge in [-0.3, -0.25) is 9.59 Å². The van der Waals surface area contributed by atoms with Crippen molar-refractivity contribution in [2.75, 3.05) is 20.7 Å². The second-order valence-electron chi connectivity index (χ2n) is 9.41. The summed E-state index contributed by atoms with van der Waals surface area (Å²) in [4.78, 5) is 27.6. The van der Waals surface area contributed by atoms with Gasteiger partial charge in [0.05, 0.1) is 29.5 Å². The summed E-state index contributed by atoms with van der Waals surface area (Å²) in [7, 11) is 3.31. The van der Waals surface area contributed by atoms with Gasteiger partial charge in [-0.2, -0.15) is 5.10 Å². The lowest BCUT2D eigenvalue weighted by atomic mass is 9.81. The van der Waals surface area contributed by atoms with Crippen LogP contribution in [0.1, 0.15) is 44.9 Å². The molecule has 180 valence electrons. The predicted octanol–water partition coefficient (Wildman–Crippen LogP) is 3.85. The maximum absolute atomic E-state index is 13.4. The van der Waals surface area contributed by atoms with Crippen LogP contribution in [0, 0.1) is 13.8 Å². The molecule has 3 aromatic heterocycles. The molecule has 0 unspecified atom stereocenters. The maximum Gasteiger partial charge on any atom is 0.256 e. The average molecular weight is 475 g/mol. The molecule has 2 aliphatic heterocycles. The summed E-state index contributed by atoms with van der Waals surface area (Å²) in [5.41, 5.74) is 3.05. The Morgan fingerprint density at radius 3 is 2.74 bits per heavy atom. The molecule has 1 aliphatic carbocycles. The normalized spacial score (nSPS) is 20.9. The van der Waals surface area contributed by atoms with E-state index in [1.54, 1.807) is 56.2 Å². The summed E-state index contributed by atoms with van der Waals surface area (Å²) in [6.45, 7) is 4.30. The summed E-state index contributed by atoms with van der Waals surface area (Å²) >= 11 is 0. The van der Waals surface area contributed by atoms with E-state index in [4.69, 9.17) is 13.9 Å². The quantitative estimate of drug-likeness (QED) is 0.472. The first-order valence-corrected chi connectivity index (χ1v) is 11.6. The zero-order valence-electron chi connectivity index (χ0n) is 20.0. The van der Waals surface area contributed by atoms with Gasteiger partial charge in [0.1, 0.15) is 22.6 Å². The monoisotopic (exact) mass is 474 g/mol. The summed E-state index contributed by atoms with van der Waals surface area (Å²) in [5.74, 6) is 1.47. The van der Waals surface area contributed by atoms with E-state index < -0.39 is 0 Å². The molecule has 9 heteroatoms. The largest absolute Gasteiger partial charge is 0.460 e. The third-order valence-corrected chi connectivity index (χ3v) is 7.45. The van der Waals surface area contributed by atoms with Crippen molar-refractivity contribution in [3.63, 3.8) is 0 Å². The van der Waals surface area contributed by atoms with Crippen LogP contribution in [0.4, 0.5) is 0 Å². The molecular formula is C26H26N4O5. The third kappa shape index (κ3) is 3.15. The fourth-order valence-corrected chi connectivity index (χ4v) is 5.53. The van der Waals surface area contributed by atoms with Gasteiger partial charge in [-0.15, -0.1) is 0 Å². The fourth-order valence-electron chi connectivity index (χ4n) is 5.53. The van der Waals surface area contributed by atoms with E-state index in [-0.39, 0.29) is 23.5 Å². The van der Waals surface area contributed by atoms with Gasteiger partial charge in [-0.25, -0.2) is 4.52 Å². The van der Waals surface area contributed by atoms with Crippen molar-refractivity contribution >= 4 is 28.3 Å². The molecule has 2 amide bonds. The van der Waals surface area contributed by atoms with Gasteiger partial charge in [0, 0.05) is 43.9 Å². The van der Waals surface area contributed by atoms with Crippen molar-refractivity contribution in [1.82, 2.24) is 19.8 Å². The molecule has 3 fully saturated rings. The average Bonchev–Trinajstić information content (AvgIpc) is 3.56. The molecule has 1 saturated carbocycles. The van der Waals surface area contributed by atoms with Crippen molar-refractivity contribution in [3.05, 3.63) is 59.1 Å². The van der Waals surface area contributed by atoms with Gasteiger partial charge in [0.2, 0.25) is 0 Å². The summed E-state index contributed by atoms with van der Waals surface area (Å²) < 4.78 is 19.4. The number of methoxy groups -OCH3 is 1. The number of furan rings is 1. The Hall–Kier alpha value is -3.85. The smallest absolute Gasteiger partial charge is 0.256 e. The van der Waals surface area contributed by atoms with Gasteiger partial charge in [-0.1, -0.05) is 0 Å². The van der Waals surface area contributed by atoms with Gasteiger partial charge in [0.15, 0.2) is 5.75 Å². The van der Waals surface area contributed by atoms with Gasteiger partial charge < -0.3 is 24.1 Å². The molecule has 0 spiro atoms. The van der Waals surface area contributed by atoms with E-state index in [0.29, 0.717) is 40.5 Å². The first-order chi connectivity index (χ1) is 16.8.